The second-order valence-corrected chi connectivity index (χ2v) is 6.63. The molecule has 3 rings (SSSR count). The minimum atomic E-state index is -0.461. The second kappa shape index (κ2) is 8.33. The van der Waals surface area contributed by atoms with Gasteiger partial charge < -0.3 is 15.7 Å². The Morgan fingerprint density at radius 3 is 2.56 bits per heavy atom. The van der Waals surface area contributed by atoms with Gasteiger partial charge in [-0.15, -0.1) is 0 Å². The Kier molecular flexibility index (Phi) is 5.88. The molecule has 3 N–H and O–H groups in total. The highest BCUT2D eigenvalue weighted by Crippen LogP contribution is 2.37. The smallest absolute Gasteiger partial charge is 0.255 e. The van der Waals surface area contributed by atoms with Gasteiger partial charge in [-0.25, -0.2) is 0 Å². The largest absolute Gasteiger partial charge is 0.376 e. The number of likely N-dealkylation sites (N-methyl/N-ethyl adjacent to an activating group) is 1. The van der Waals surface area contributed by atoms with E-state index in [1.807, 2.05) is 36.4 Å². The quantitative estimate of drug-likeness (QED) is 0.709. The van der Waals surface area contributed by atoms with E-state index in [1.54, 1.807) is 0 Å². The fourth-order valence-electron chi connectivity index (χ4n) is 3.62. The lowest BCUT2D eigenvalue weighted by Gasteiger charge is -2.32. The summed E-state index contributed by atoms with van der Waals surface area (Å²) in [5.74, 6) is -0.633. The summed E-state index contributed by atoms with van der Waals surface area (Å²) in [6.45, 7) is 5.57. The van der Waals surface area contributed by atoms with E-state index in [9.17, 15) is 9.59 Å². The highest BCUT2D eigenvalue weighted by atomic mass is 16.3. The number of aliphatic hydroxyl groups excluding tert-OH is 1. The van der Waals surface area contributed by atoms with Crippen LogP contribution in [0.4, 0.5) is 5.69 Å². The maximum absolute atomic E-state index is 12.6. The number of hydrogen-bond acceptors (Lipinski definition) is 4. The third-order valence-electron chi connectivity index (χ3n) is 4.93. The van der Waals surface area contributed by atoms with Crippen LogP contribution in [0.5, 0.6) is 0 Å². The van der Waals surface area contributed by atoms with Gasteiger partial charge in [0, 0.05) is 20.0 Å². The van der Waals surface area contributed by atoms with Gasteiger partial charge in [-0.05, 0) is 41.3 Å². The van der Waals surface area contributed by atoms with Crippen LogP contribution in [0.3, 0.4) is 0 Å². The summed E-state index contributed by atoms with van der Waals surface area (Å²) >= 11 is 0. The van der Waals surface area contributed by atoms with E-state index in [0.717, 1.165) is 41.8 Å². The normalized spacial score (nSPS) is 13.7. The number of nitrogens with one attached hydrogen (secondary N) is 2. The van der Waals surface area contributed by atoms with E-state index in [1.165, 1.54) is 6.92 Å². The lowest BCUT2D eigenvalue weighted by molar-refractivity contribution is -0.114. The van der Waals surface area contributed by atoms with Gasteiger partial charge in [0.2, 0.25) is 5.91 Å². The summed E-state index contributed by atoms with van der Waals surface area (Å²) in [6, 6.07) is 11.8. The van der Waals surface area contributed by atoms with Crippen molar-refractivity contribution in [1.82, 2.24) is 10.2 Å². The average Bonchev–Trinajstić information content (AvgIpc) is 2.68. The fourth-order valence-corrected chi connectivity index (χ4v) is 3.62. The van der Waals surface area contributed by atoms with Crippen molar-refractivity contribution in [3.05, 3.63) is 53.1 Å². The van der Waals surface area contributed by atoms with Crippen LogP contribution in [-0.4, -0.2) is 41.6 Å². The van der Waals surface area contributed by atoms with Gasteiger partial charge in [-0.3, -0.25) is 14.5 Å². The molecule has 6 heteroatoms. The molecular formula is C21H25N3O3. The fraction of sp³-hybridized carbons (Fsp3) is 0.333. The number of amides is 2. The summed E-state index contributed by atoms with van der Waals surface area (Å²) in [7, 11) is 0. The number of rotatable bonds is 5. The van der Waals surface area contributed by atoms with Gasteiger partial charge in [0.25, 0.3) is 5.91 Å². The first-order valence-corrected chi connectivity index (χ1v) is 9.18. The molecule has 0 atom stereocenters. The third kappa shape index (κ3) is 4.02. The zero-order chi connectivity index (χ0) is 19.4. The number of anilines is 1. The van der Waals surface area contributed by atoms with E-state index >= 15 is 0 Å². The topological polar surface area (TPSA) is 81.7 Å². The maximum atomic E-state index is 12.6. The molecule has 0 aliphatic carbocycles. The molecule has 0 radical (unpaired) electrons. The number of fused-ring (bicyclic) bond motifs is 1. The van der Waals surface area contributed by atoms with Crippen molar-refractivity contribution in [2.45, 2.75) is 26.8 Å². The van der Waals surface area contributed by atoms with E-state index in [2.05, 4.69) is 22.5 Å². The molecule has 2 aromatic carbocycles. The standard InChI is InChI=1S/C21H25N3O3/c1-3-24-10-9-16-17(15-7-5-4-6-8-15)11-18(21(27)22-13-25)20(19(16)12-24)23-14(2)26/h4-8,11,25H,3,9-10,12-13H2,1-2H3,(H,22,27)(H,23,26). The third-order valence-corrected chi connectivity index (χ3v) is 4.93. The molecule has 1 heterocycles. The Morgan fingerprint density at radius 2 is 1.93 bits per heavy atom. The van der Waals surface area contributed by atoms with Crippen molar-refractivity contribution >= 4 is 17.5 Å². The predicted molar refractivity (Wildman–Crippen MR) is 105 cm³/mol. The van der Waals surface area contributed by atoms with Crippen molar-refractivity contribution < 1.29 is 14.7 Å². The number of benzene rings is 2. The lowest BCUT2D eigenvalue weighted by atomic mass is 9.86. The SMILES string of the molecule is CCN1CCc2c(-c3ccccc3)cc(C(=O)NCO)c(NC(C)=O)c2C1. The van der Waals surface area contributed by atoms with E-state index in [0.29, 0.717) is 17.8 Å². The van der Waals surface area contributed by atoms with Gasteiger partial charge >= 0.3 is 0 Å². The van der Waals surface area contributed by atoms with Crippen molar-refractivity contribution in [2.75, 3.05) is 25.1 Å². The van der Waals surface area contributed by atoms with Crippen LogP contribution in [0.1, 0.15) is 35.3 Å². The molecular weight excluding hydrogens is 342 g/mol. The van der Waals surface area contributed by atoms with Crippen LogP contribution in [0.2, 0.25) is 0 Å². The highest BCUT2D eigenvalue weighted by Gasteiger charge is 2.27. The first kappa shape index (κ1) is 19.1. The molecule has 6 nitrogen and oxygen atoms in total. The minimum absolute atomic E-state index is 0.226. The summed E-state index contributed by atoms with van der Waals surface area (Å²) in [5.41, 5.74) is 5.08. The Labute approximate surface area is 159 Å². The Bertz CT molecular complexity index is 849. The Morgan fingerprint density at radius 1 is 1.19 bits per heavy atom. The molecule has 0 bridgehead atoms. The van der Waals surface area contributed by atoms with Crippen molar-refractivity contribution in [3.8, 4) is 11.1 Å². The molecule has 142 valence electrons. The number of carbonyl (C=O) groups is 2. The maximum Gasteiger partial charge on any atom is 0.255 e. The molecule has 27 heavy (non-hydrogen) atoms. The van der Waals surface area contributed by atoms with Crippen molar-refractivity contribution in [2.24, 2.45) is 0 Å². The van der Waals surface area contributed by atoms with Crippen LogP contribution in [0, 0.1) is 0 Å². The van der Waals surface area contributed by atoms with Gasteiger partial charge in [-0.2, -0.15) is 0 Å². The average molecular weight is 367 g/mol. The number of carbonyl (C=O) groups excluding carboxylic acids is 2. The number of hydrogen-bond donors (Lipinski definition) is 3. The van der Waals surface area contributed by atoms with E-state index in [-0.39, 0.29) is 5.91 Å². The predicted octanol–water partition coefficient (Wildman–Crippen LogP) is 2.37. The van der Waals surface area contributed by atoms with E-state index < -0.39 is 12.6 Å². The van der Waals surface area contributed by atoms with Crippen molar-refractivity contribution in [3.63, 3.8) is 0 Å². The summed E-state index contributed by atoms with van der Waals surface area (Å²) in [6.07, 6.45) is 0.849. The molecule has 1 aliphatic heterocycles. The van der Waals surface area contributed by atoms with Gasteiger partial charge in [0.15, 0.2) is 0 Å². The number of nitrogens with zero attached hydrogens (tertiary/aromatic N) is 1. The zero-order valence-corrected chi connectivity index (χ0v) is 15.7. The lowest BCUT2D eigenvalue weighted by Crippen LogP contribution is -2.33. The molecule has 0 saturated heterocycles. The molecule has 0 spiro atoms. The monoisotopic (exact) mass is 367 g/mol. The van der Waals surface area contributed by atoms with Crippen LogP contribution < -0.4 is 10.6 Å². The molecule has 0 aromatic heterocycles. The molecule has 2 aromatic rings. The molecule has 0 saturated carbocycles. The number of aliphatic hydroxyl groups is 1. The van der Waals surface area contributed by atoms with Crippen LogP contribution in [-0.2, 0) is 17.8 Å². The molecule has 1 aliphatic rings. The van der Waals surface area contributed by atoms with Crippen LogP contribution >= 0.6 is 0 Å². The summed E-state index contributed by atoms with van der Waals surface area (Å²) < 4.78 is 0. The Balaban J connectivity index is 2.25. The van der Waals surface area contributed by atoms with Gasteiger partial charge in [0.1, 0.15) is 6.73 Å². The Hall–Kier alpha value is -2.70. The van der Waals surface area contributed by atoms with Crippen molar-refractivity contribution in [1.29, 1.82) is 0 Å². The van der Waals surface area contributed by atoms with Crippen LogP contribution in [0.15, 0.2) is 36.4 Å². The zero-order valence-electron chi connectivity index (χ0n) is 15.7. The first-order chi connectivity index (χ1) is 13.0. The van der Waals surface area contributed by atoms with E-state index in [4.69, 9.17) is 5.11 Å². The molecule has 2 amide bonds. The van der Waals surface area contributed by atoms with Gasteiger partial charge in [0.05, 0.1) is 11.3 Å². The minimum Gasteiger partial charge on any atom is -0.376 e. The summed E-state index contributed by atoms with van der Waals surface area (Å²) in [5, 5.41) is 14.4. The van der Waals surface area contributed by atoms with Crippen LogP contribution in [0.25, 0.3) is 11.1 Å². The summed E-state index contributed by atoms with van der Waals surface area (Å²) in [4.78, 5) is 26.8. The highest BCUT2D eigenvalue weighted by molar-refractivity contribution is 6.06. The molecule has 0 fully saturated rings. The second-order valence-electron chi connectivity index (χ2n) is 6.63. The first-order valence-electron chi connectivity index (χ1n) is 9.18. The molecule has 0 unspecified atom stereocenters. The van der Waals surface area contributed by atoms with Gasteiger partial charge in [-0.1, -0.05) is 37.3 Å².